The van der Waals surface area contributed by atoms with Crippen molar-refractivity contribution in [2.75, 3.05) is 5.32 Å². The second-order valence-electron chi connectivity index (χ2n) is 6.05. The number of carbonyl (C=O) groups is 2. The van der Waals surface area contributed by atoms with Gasteiger partial charge in [-0.15, -0.1) is 0 Å². The van der Waals surface area contributed by atoms with Crippen LogP contribution in [0.2, 0.25) is 0 Å². The van der Waals surface area contributed by atoms with E-state index in [4.69, 9.17) is 0 Å². The van der Waals surface area contributed by atoms with Crippen LogP contribution in [0.1, 0.15) is 33.3 Å². The molecule has 2 amide bonds. The molecule has 21 heavy (non-hydrogen) atoms. The van der Waals surface area contributed by atoms with Crippen LogP contribution in [0, 0.1) is 12.3 Å². The van der Waals surface area contributed by atoms with Crippen molar-refractivity contribution in [3.05, 3.63) is 28.2 Å². The molecule has 0 atom stereocenters. The van der Waals surface area contributed by atoms with Crippen molar-refractivity contribution in [3.63, 3.8) is 0 Å². The molecule has 0 aliphatic carbocycles. The van der Waals surface area contributed by atoms with Crippen LogP contribution in [0.15, 0.2) is 22.7 Å². The molecule has 0 aliphatic rings. The van der Waals surface area contributed by atoms with E-state index >= 15 is 0 Å². The number of nitrogens with one attached hydrogen (secondary N) is 2. The predicted octanol–water partition coefficient (Wildman–Crippen LogP) is 3.77. The van der Waals surface area contributed by atoms with E-state index in [1.807, 2.05) is 19.1 Å². The fourth-order valence-corrected chi connectivity index (χ4v) is 1.97. The second-order valence-corrected chi connectivity index (χ2v) is 6.90. The Morgan fingerprint density at radius 2 is 1.76 bits per heavy atom. The SMILES string of the molecule is Cc1c(Br)cccc1NC(=O)NC(C)(C)C(C)(C)C(=O)O. The lowest BCUT2D eigenvalue weighted by atomic mass is 9.74. The first-order chi connectivity index (χ1) is 9.49. The van der Waals surface area contributed by atoms with Gasteiger partial charge in [-0.3, -0.25) is 4.79 Å². The number of rotatable bonds is 4. The molecular formula is C15H21BrN2O3. The van der Waals surface area contributed by atoms with Crippen molar-refractivity contribution in [3.8, 4) is 0 Å². The first-order valence-corrected chi connectivity index (χ1v) is 7.36. The number of benzene rings is 1. The van der Waals surface area contributed by atoms with Gasteiger partial charge in [0.15, 0.2) is 0 Å². The van der Waals surface area contributed by atoms with Crippen LogP contribution >= 0.6 is 15.9 Å². The zero-order valence-corrected chi connectivity index (χ0v) is 14.5. The number of carbonyl (C=O) groups excluding carboxylic acids is 1. The monoisotopic (exact) mass is 356 g/mol. The standard InChI is InChI=1S/C15H21BrN2O3/c1-9-10(16)7-6-8-11(9)17-13(21)18-15(4,5)14(2,3)12(19)20/h6-8H,1-5H3,(H,19,20)(H2,17,18,21). The van der Waals surface area contributed by atoms with Crippen molar-refractivity contribution in [1.82, 2.24) is 5.32 Å². The first-order valence-electron chi connectivity index (χ1n) is 6.56. The molecule has 1 rings (SSSR count). The van der Waals surface area contributed by atoms with Gasteiger partial charge < -0.3 is 15.7 Å². The van der Waals surface area contributed by atoms with E-state index < -0.39 is 23.0 Å². The van der Waals surface area contributed by atoms with Crippen molar-refractivity contribution >= 4 is 33.6 Å². The number of carboxylic acid groups (broad SMARTS) is 1. The van der Waals surface area contributed by atoms with Crippen molar-refractivity contribution in [2.24, 2.45) is 5.41 Å². The van der Waals surface area contributed by atoms with Crippen molar-refractivity contribution in [2.45, 2.75) is 40.2 Å². The number of aliphatic carboxylic acids is 1. The van der Waals surface area contributed by atoms with E-state index in [-0.39, 0.29) is 0 Å². The fraction of sp³-hybridized carbons (Fsp3) is 0.467. The summed E-state index contributed by atoms with van der Waals surface area (Å²) in [6.45, 7) is 8.43. The van der Waals surface area contributed by atoms with Gasteiger partial charge in [-0.25, -0.2) is 4.79 Å². The smallest absolute Gasteiger partial charge is 0.319 e. The van der Waals surface area contributed by atoms with Crippen LogP contribution in [0.5, 0.6) is 0 Å². The summed E-state index contributed by atoms with van der Waals surface area (Å²) in [5.74, 6) is -0.966. The van der Waals surface area contributed by atoms with Gasteiger partial charge >= 0.3 is 12.0 Å². The third kappa shape index (κ3) is 3.75. The second kappa shape index (κ2) is 6.05. The van der Waals surface area contributed by atoms with Gasteiger partial charge in [-0.05, 0) is 52.3 Å². The minimum absolute atomic E-state index is 0.435. The Bertz CT molecular complexity index is 568. The Labute approximate surface area is 133 Å². The Morgan fingerprint density at radius 3 is 2.29 bits per heavy atom. The van der Waals surface area contributed by atoms with Gasteiger partial charge in [0.2, 0.25) is 0 Å². The Kier molecular flexibility index (Phi) is 5.04. The lowest BCUT2D eigenvalue weighted by molar-refractivity contribution is -0.150. The molecule has 0 aromatic heterocycles. The highest BCUT2D eigenvalue weighted by Gasteiger charge is 2.44. The van der Waals surface area contributed by atoms with Gasteiger partial charge in [0.25, 0.3) is 0 Å². The van der Waals surface area contributed by atoms with Gasteiger partial charge in [0.05, 0.1) is 11.0 Å². The maximum atomic E-state index is 12.1. The highest BCUT2D eigenvalue weighted by Crippen LogP contribution is 2.31. The summed E-state index contributed by atoms with van der Waals surface area (Å²) in [5.41, 5.74) is -0.437. The van der Waals surface area contributed by atoms with Crippen LogP contribution in [-0.4, -0.2) is 22.6 Å². The number of anilines is 1. The molecule has 0 heterocycles. The summed E-state index contributed by atoms with van der Waals surface area (Å²) in [5, 5.41) is 14.8. The average molecular weight is 357 g/mol. The molecule has 6 heteroatoms. The van der Waals surface area contributed by atoms with Crippen molar-refractivity contribution < 1.29 is 14.7 Å². The molecule has 0 saturated heterocycles. The van der Waals surface area contributed by atoms with E-state index in [0.29, 0.717) is 5.69 Å². The van der Waals surface area contributed by atoms with Crippen molar-refractivity contribution in [1.29, 1.82) is 0 Å². The molecule has 0 fully saturated rings. The Hall–Kier alpha value is -1.56. The lowest BCUT2D eigenvalue weighted by Crippen LogP contribution is -2.57. The third-order valence-corrected chi connectivity index (χ3v) is 4.90. The molecule has 1 aromatic carbocycles. The molecule has 0 radical (unpaired) electrons. The summed E-state index contributed by atoms with van der Waals surface area (Å²) in [4.78, 5) is 23.5. The normalized spacial score (nSPS) is 11.9. The van der Waals surface area contributed by atoms with Gasteiger partial charge in [-0.1, -0.05) is 22.0 Å². The Morgan fingerprint density at radius 1 is 1.19 bits per heavy atom. The maximum Gasteiger partial charge on any atom is 0.319 e. The van der Waals surface area contributed by atoms with E-state index in [9.17, 15) is 14.7 Å². The van der Waals surface area contributed by atoms with Crippen LogP contribution in [0.4, 0.5) is 10.5 Å². The van der Waals surface area contributed by atoms with Gasteiger partial charge in [0, 0.05) is 10.2 Å². The zero-order chi connectivity index (χ0) is 16.4. The first kappa shape index (κ1) is 17.5. The van der Waals surface area contributed by atoms with E-state index in [2.05, 4.69) is 26.6 Å². The molecule has 0 aliphatic heterocycles. The summed E-state index contributed by atoms with van der Waals surface area (Å²) >= 11 is 3.40. The number of halogens is 1. The number of amides is 2. The van der Waals surface area contributed by atoms with Crippen LogP contribution in [0.25, 0.3) is 0 Å². The van der Waals surface area contributed by atoms with Gasteiger partial charge in [0.1, 0.15) is 0 Å². The third-order valence-electron chi connectivity index (χ3n) is 4.04. The summed E-state index contributed by atoms with van der Waals surface area (Å²) in [6, 6.07) is 5.06. The number of hydrogen-bond donors (Lipinski definition) is 3. The van der Waals surface area contributed by atoms with Gasteiger partial charge in [-0.2, -0.15) is 0 Å². The predicted molar refractivity (Wildman–Crippen MR) is 86.5 cm³/mol. The Balaban J connectivity index is 2.87. The molecule has 0 saturated carbocycles. The molecule has 3 N–H and O–H groups in total. The van der Waals surface area contributed by atoms with E-state index in [0.717, 1.165) is 10.0 Å². The quantitative estimate of drug-likeness (QED) is 0.768. The molecular weight excluding hydrogens is 336 g/mol. The van der Waals surface area contributed by atoms with Crippen LogP contribution in [-0.2, 0) is 4.79 Å². The molecule has 5 nitrogen and oxygen atoms in total. The number of urea groups is 1. The molecule has 1 aromatic rings. The summed E-state index contributed by atoms with van der Waals surface area (Å²) < 4.78 is 0.894. The largest absolute Gasteiger partial charge is 0.481 e. The maximum absolute atomic E-state index is 12.1. The van der Waals surface area contributed by atoms with E-state index in [1.165, 1.54) is 0 Å². The zero-order valence-electron chi connectivity index (χ0n) is 12.9. The van der Waals surface area contributed by atoms with Crippen LogP contribution in [0.3, 0.4) is 0 Å². The topological polar surface area (TPSA) is 78.4 Å². The fourth-order valence-electron chi connectivity index (χ4n) is 1.60. The molecule has 0 spiro atoms. The summed E-state index contributed by atoms with van der Waals surface area (Å²) in [6.07, 6.45) is 0. The average Bonchev–Trinajstić information content (AvgIpc) is 2.33. The highest BCUT2D eigenvalue weighted by molar-refractivity contribution is 9.10. The number of hydrogen-bond acceptors (Lipinski definition) is 2. The minimum Gasteiger partial charge on any atom is -0.481 e. The van der Waals surface area contributed by atoms with E-state index in [1.54, 1.807) is 33.8 Å². The molecule has 116 valence electrons. The summed E-state index contributed by atoms with van der Waals surface area (Å²) in [7, 11) is 0. The van der Waals surface area contributed by atoms with Crippen LogP contribution < -0.4 is 10.6 Å². The minimum atomic E-state index is -1.10. The molecule has 0 unspecified atom stereocenters. The lowest BCUT2D eigenvalue weighted by Gasteiger charge is -2.38. The number of carboxylic acids is 1. The molecule has 0 bridgehead atoms. The highest BCUT2D eigenvalue weighted by atomic mass is 79.9.